The van der Waals surface area contributed by atoms with Crippen LogP contribution in [0.25, 0.3) is 0 Å². The molecule has 0 radical (unpaired) electrons. The monoisotopic (exact) mass is 289 g/mol. The molecule has 1 aromatic rings. The Bertz CT molecular complexity index is 409. The summed E-state index contributed by atoms with van der Waals surface area (Å²) in [5, 5.41) is 13.4. The maximum absolute atomic E-state index is 9.70. The quantitative estimate of drug-likeness (QED) is 0.810. The highest BCUT2D eigenvalue weighted by atomic mass is 16.3. The van der Waals surface area contributed by atoms with Gasteiger partial charge in [0.25, 0.3) is 0 Å². The van der Waals surface area contributed by atoms with Crippen molar-refractivity contribution in [3.63, 3.8) is 0 Å². The molecule has 0 bridgehead atoms. The maximum Gasteiger partial charge on any atom is 0.0626 e. The predicted molar refractivity (Wildman–Crippen MR) is 89.2 cm³/mol. The van der Waals surface area contributed by atoms with E-state index in [1.807, 2.05) is 18.2 Å². The third-order valence-corrected chi connectivity index (χ3v) is 5.01. The molecule has 0 spiro atoms. The number of rotatable bonds is 4. The van der Waals surface area contributed by atoms with Crippen LogP contribution in [0.5, 0.6) is 0 Å². The lowest BCUT2D eigenvalue weighted by Crippen LogP contribution is -2.34. The molecule has 2 rings (SSSR count). The van der Waals surface area contributed by atoms with Crippen LogP contribution in [0.1, 0.15) is 64.5 Å². The fourth-order valence-corrected chi connectivity index (χ4v) is 3.56. The van der Waals surface area contributed by atoms with Gasteiger partial charge in [-0.05, 0) is 42.6 Å². The molecule has 2 unspecified atom stereocenters. The molecule has 2 nitrogen and oxygen atoms in total. The van der Waals surface area contributed by atoms with Crippen LogP contribution in [0.2, 0.25) is 0 Å². The van der Waals surface area contributed by atoms with Crippen LogP contribution in [0.15, 0.2) is 30.3 Å². The van der Waals surface area contributed by atoms with Gasteiger partial charge in [0.1, 0.15) is 0 Å². The average Bonchev–Trinajstić information content (AvgIpc) is 2.71. The standard InChI is InChI=1S/C19H31NO/c1-19(2,3)16-10-7-11-17(13-12-16)20-18(14-21)15-8-5-4-6-9-15/h4-6,8-9,16-18,20-21H,7,10-14H2,1-3H3/t16?,17?,18-/m1/s1. The van der Waals surface area contributed by atoms with Crippen molar-refractivity contribution >= 4 is 0 Å². The smallest absolute Gasteiger partial charge is 0.0626 e. The van der Waals surface area contributed by atoms with Crippen molar-refractivity contribution < 1.29 is 5.11 Å². The Hall–Kier alpha value is -0.860. The second-order valence-corrected chi connectivity index (χ2v) is 7.58. The maximum atomic E-state index is 9.70. The van der Waals surface area contributed by atoms with Crippen LogP contribution in [0.3, 0.4) is 0 Å². The molecule has 21 heavy (non-hydrogen) atoms. The van der Waals surface area contributed by atoms with E-state index in [2.05, 4.69) is 38.2 Å². The molecule has 0 heterocycles. The van der Waals surface area contributed by atoms with Crippen molar-refractivity contribution in [3.8, 4) is 0 Å². The first-order chi connectivity index (χ1) is 10.0. The highest BCUT2D eigenvalue weighted by molar-refractivity contribution is 5.19. The van der Waals surface area contributed by atoms with Crippen LogP contribution >= 0.6 is 0 Å². The van der Waals surface area contributed by atoms with E-state index in [1.54, 1.807) is 0 Å². The lowest BCUT2D eigenvalue weighted by atomic mass is 9.76. The summed E-state index contributed by atoms with van der Waals surface area (Å²) >= 11 is 0. The molecule has 1 fully saturated rings. The molecular weight excluding hydrogens is 258 g/mol. The van der Waals surface area contributed by atoms with Crippen LogP contribution in [-0.2, 0) is 0 Å². The zero-order chi connectivity index (χ0) is 15.3. The summed E-state index contributed by atoms with van der Waals surface area (Å²) in [4.78, 5) is 0. The van der Waals surface area contributed by atoms with Crippen LogP contribution in [0, 0.1) is 11.3 Å². The largest absolute Gasteiger partial charge is 0.394 e. The molecular formula is C19H31NO. The summed E-state index contributed by atoms with van der Waals surface area (Å²) in [7, 11) is 0. The van der Waals surface area contributed by atoms with Gasteiger partial charge in [-0.3, -0.25) is 0 Å². The number of hydrogen-bond donors (Lipinski definition) is 2. The molecule has 0 amide bonds. The lowest BCUT2D eigenvalue weighted by Gasteiger charge is -2.30. The Morgan fingerprint density at radius 3 is 2.43 bits per heavy atom. The lowest BCUT2D eigenvalue weighted by molar-refractivity contribution is 0.208. The second-order valence-electron chi connectivity index (χ2n) is 7.58. The fourth-order valence-electron chi connectivity index (χ4n) is 3.56. The second kappa shape index (κ2) is 7.42. The van der Waals surface area contributed by atoms with Crippen LogP contribution < -0.4 is 5.32 Å². The van der Waals surface area contributed by atoms with E-state index in [1.165, 1.54) is 37.7 Å². The highest BCUT2D eigenvalue weighted by Gasteiger charge is 2.28. The Morgan fingerprint density at radius 1 is 1.10 bits per heavy atom. The summed E-state index contributed by atoms with van der Waals surface area (Å²) < 4.78 is 0. The minimum Gasteiger partial charge on any atom is -0.394 e. The van der Waals surface area contributed by atoms with E-state index < -0.39 is 0 Å². The molecule has 2 heteroatoms. The molecule has 3 atom stereocenters. The van der Waals surface area contributed by atoms with Gasteiger partial charge in [-0.1, -0.05) is 57.5 Å². The molecule has 2 N–H and O–H groups in total. The number of aliphatic hydroxyl groups is 1. The average molecular weight is 289 g/mol. The van der Waals surface area contributed by atoms with Crippen molar-refractivity contribution in [1.82, 2.24) is 5.32 Å². The molecule has 1 aromatic carbocycles. The van der Waals surface area contributed by atoms with Gasteiger partial charge >= 0.3 is 0 Å². The van der Waals surface area contributed by atoms with Gasteiger partial charge in [0.05, 0.1) is 12.6 Å². The molecule has 118 valence electrons. The zero-order valence-electron chi connectivity index (χ0n) is 13.8. The highest BCUT2D eigenvalue weighted by Crippen LogP contribution is 2.37. The first kappa shape index (κ1) is 16.5. The minimum atomic E-state index is 0.0717. The third kappa shape index (κ3) is 4.82. The normalized spacial score (nSPS) is 25.3. The Morgan fingerprint density at radius 2 is 1.81 bits per heavy atom. The molecule has 1 aliphatic rings. The van der Waals surface area contributed by atoms with Crippen molar-refractivity contribution in [1.29, 1.82) is 0 Å². The molecule has 0 aliphatic heterocycles. The minimum absolute atomic E-state index is 0.0717. The van der Waals surface area contributed by atoms with Gasteiger partial charge in [-0.15, -0.1) is 0 Å². The third-order valence-electron chi connectivity index (χ3n) is 5.01. The van der Waals surface area contributed by atoms with E-state index in [0.717, 1.165) is 5.92 Å². The van der Waals surface area contributed by atoms with Gasteiger partial charge < -0.3 is 10.4 Å². The fraction of sp³-hybridized carbons (Fsp3) is 0.684. The SMILES string of the molecule is CC(C)(C)C1CCCC(N[C@H](CO)c2ccccc2)CC1. The zero-order valence-corrected chi connectivity index (χ0v) is 13.8. The first-order valence-electron chi connectivity index (χ1n) is 8.42. The van der Waals surface area contributed by atoms with E-state index in [0.29, 0.717) is 11.5 Å². The molecule has 0 saturated heterocycles. The van der Waals surface area contributed by atoms with Crippen molar-refractivity contribution in [2.24, 2.45) is 11.3 Å². The van der Waals surface area contributed by atoms with Crippen molar-refractivity contribution in [2.75, 3.05) is 6.61 Å². The van der Waals surface area contributed by atoms with Gasteiger partial charge in [0, 0.05) is 6.04 Å². The van der Waals surface area contributed by atoms with Gasteiger partial charge in [-0.2, -0.15) is 0 Å². The summed E-state index contributed by atoms with van der Waals surface area (Å²) in [6, 6.07) is 10.9. The molecule has 1 aliphatic carbocycles. The van der Waals surface area contributed by atoms with Crippen molar-refractivity contribution in [3.05, 3.63) is 35.9 Å². The topological polar surface area (TPSA) is 32.3 Å². The Labute approximate surface area is 130 Å². The predicted octanol–water partition coefficient (Wildman–Crippen LogP) is 4.30. The summed E-state index contributed by atoms with van der Waals surface area (Å²) in [6.45, 7) is 7.27. The Kier molecular flexibility index (Phi) is 5.83. The van der Waals surface area contributed by atoms with Gasteiger partial charge in [-0.25, -0.2) is 0 Å². The number of nitrogens with one attached hydrogen (secondary N) is 1. The van der Waals surface area contributed by atoms with E-state index in [9.17, 15) is 5.11 Å². The van der Waals surface area contributed by atoms with Gasteiger partial charge in [0.15, 0.2) is 0 Å². The van der Waals surface area contributed by atoms with Crippen molar-refractivity contribution in [2.45, 2.75) is 65.0 Å². The molecule has 0 aromatic heterocycles. The molecule has 1 saturated carbocycles. The van der Waals surface area contributed by atoms with E-state index in [4.69, 9.17) is 0 Å². The first-order valence-corrected chi connectivity index (χ1v) is 8.42. The van der Waals surface area contributed by atoms with E-state index in [-0.39, 0.29) is 12.6 Å². The van der Waals surface area contributed by atoms with Gasteiger partial charge in [0.2, 0.25) is 0 Å². The summed E-state index contributed by atoms with van der Waals surface area (Å²) in [6.07, 6.45) is 6.40. The summed E-state index contributed by atoms with van der Waals surface area (Å²) in [5.74, 6) is 0.827. The number of benzene rings is 1. The number of hydrogen-bond acceptors (Lipinski definition) is 2. The Balaban J connectivity index is 1.93. The number of aliphatic hydroxyl groups excluding tert-OH is 1. The van der Waals surface area contributed by atoms with Crippen LogP contribution in [-0.4, -0.2) is 17.8 Å². The summed E-state index contributed by atoms with van der Waals surface area (Å²) in [5.41, 5.74) is 1.61. The van der Waals surface area contributed by atoms with Crippen LogP contribution in [0.4, 0.5) is 0 Å². The van der Waals surface area contributed by atoms with E-state index >= 15 is 0 Å².